The zero-order valence-corrected chi connectivity index (χ0v) is 14.1. The molecule has 1 saturated heterocycles. The van der Waals surface area contributed by atoms with Crippen molar-refractivity contribution >= 4 is 11.8 Å². The Morgan fingerprint density at radius 2 is 1.56 bits per heavy atom. The minimum absolute atomic E-state index is 0.0996. The first kappa shape index (κ1) is 19.3. The highest BCUT2D eigenvalue weighted by Crippen LogP contribution is 2.32. The van der Waals surface area contributed by atoms with Crippen molar-refractivity contribution in [3.8, 4) is 0 Å². The van der Waals surface area contributed by atoms with E-state index in [1.807, 2.05) is 0 Å². The Kier molecular flexibility index (Phi) is 5.43. The lowest BCUT2D eigenvalue weighted by Crippen LogP contribution is -2.49. The largest absolute Gasteiger partial charge is 0.444 e. The molecule has 2 rings (SSSR count). The highest BCUT2D eigenvalue weighted by molar-refractivity contribution is 5.68. The second kappa shape index (κ2) is 7.05. The molecule has 1 aromatic carbocycles. The van der Waals surface area contributed by atoms with Crippen LogP contribution in [0.3, 0.4) is 0 Å². The fraction of sp³-hybridized carbons (Fsp3) is 0.562. The van der Waals surface area contributed by atoms with Crippen molar-refractivity contribution < 1.29 is 31.5 Å². The summed E-state index contributed by atoms with van der Waals surface area (Å²) in [5.74, 6) is -9.94. The fourth-order valence-corrected chi connectivity index (χ4v) is 2.64. The third kappa shape index (κ3) is 4.32. The lowest BCUT2D eigenvalue weighted by Gasteiger charge is -2.35. The standard InChI is InChI=1S/C16H19F5N2O2/c1-16(2,3)25-15(24)22-8-5-4-6-23(7-8)14-12(20)10(18)9(17)11(19)13(14)21/h8H,4-7H2,1-3H3,(H,22,24). The van der Waals surface area contributed by atoms with Crippen molar-refractivity contribution in [2.45, 2.75) is 45.3 Å². The maximum absolute atomic E-state index is 13.9. The lowest BCUT2D eigenvalue weighted by atomic mass is 10.0. The van der Waals surface area contributed by atoms with E-state index in [0.29, 0.717) is 12.8 Å². The molecule has 140 valence electrons. The van der Waals surface area contributed by atoms with E-state index in [1.165, 1.54) is 0 Å². The molecule has 0 bridgehead atoms. The molecule has 1 fully saturated rings. The SMILES string of the molecule is CC(C)(C)OC(=O)NC1CCCN(c2c(F)c(F)c(F)c(F)c2F)C1. The molecule has 0 saturated carbocycles. The van der Waals surface area contributed by atoms with Crippen LogP contribution in [0.2, 0.25) is 0 Å². The summed E-state index contributed by atoms with van der Waals surface area (Å²) in [5.41, 5.74) is -1.70. The molecule has 1 heterocycles. The van der Waals surface area contributed by atoms with Crippen LogP contribution in [-0.2, 0) is 4.74 Å². The Labute approximate surface area is 141 Å². The molecule has 1 aliphatic rings. The van der Waals surface area contributed by atoms with Gasteiger partial charge in [0.25, 0.3) is 0 Å². The van der Waals surface area contributed by atoms with E-state index in [0.717, 1.165) is 4.90 Å². The summed E-state index contributed by atoms with van der Waals surface area (Å²) in [6.07, 6.45) is 0.183. The fourth-order valence-electron chi connectivity index (χ4n) is 2.64. The van der Waals surface area contributed by atoms with E-state index in [4.69, 9.17) is 4.74 Å². The maximum atomic E-state index is 13.9. The molecule has 4 nitrogen and oxygen atoms in total. The van der Waals surface area contributed by atoms with Gasteiger partial charge in [0.05, 0.1) is 0 Å². The van der Waals surface area contributed by atoms with Gasteiger partial charge in [-0.1, -0.05) is 0 Å². The monoisotopic (exact) mass is 366 g/mol. The molecule has 1 unspecified atom stereocenters. The summed E-state index contributed by atoms with van der Waals surface area (Å²) in [4.78, 5) is 12.8. The van der Waals surface area contributed by atoms with E-state index in [2.05, 4.69) is 5.32 Å². The summed E-state index contributed by atoms with van der Waals surface area (Å²) in [6, 6.07) is -0.543. The number of carbonyl (C=O) groups excluding carboxylic acids is 1. The van der Waals surface area contributed by atoms with Gasteiger partial charge in [-0.05, 0) is 33.6 Å². The molecule has 25 heavy (non-hydrogen) atoms. The Morgan fingerprint density at radius 1 is 1.04 bits per heavy atom. The van der Waals surface area contributed by atoms with Crippen molar-refractivity contribution in [1.82, 2.24) is 5.32 Å². The molecular weight excluding hydrogens is 347 g/mol. The Hall–Kier alpha value is -2.06. The van der Waals surface area contributed by atoms with Gasteiger partial charge in [0.15, 0.2) is 23.3 Å². The number of amides is 1. The summed E-state index contributed by atoms with van der Waals surface area (Å²) in [5, 5.41) is 2.55. The molecule has 1 aliphatic heterocycles. The third-order valence-electron chi connectivity index (χ3n) is 3.65. The predicted molar refractivity (Wildman–Crippen MR) is 80.8 cm³/mol. The molecule has 0 aliphatic carbocycles. The number of hydrogen-bond acceptors (Lipinski definition) is 3. The van der Waals surface area contributed by atoms with Gasteiger partial charge in [-0.25, -0.2) is 26.7 Å². The molecule has 1 amide bonds. The smallest absolute Gasteiger partial charge is 0.407 e. The van der Waals surface area contributed by atoms with Gasteiger partial charge in [-0.15, -0.1) is 0 Å². The summed E-state index contributed by atoms with van der Waals surface area (Å²) < 4.78 is 72.8. The van der Waals surface area contributed by atoms with Crippen LogP contribution in [0.1, 0.15) is 33.6 Å². The maximum Gasteiger partial charge on any atom is 0.407 e. The van der Waals surface area contributed by atoms with Crippen molar-refractivity contribution in [1.29, 1.82) is 0 Å². The van der Waals surface area contributed by atoms with E-state index in [1.54, 1.807) is 20.8 Å². The van der Waals surface area contributed by atoms with Crippen molar-refractivity contribution in [3.63, 3.8) is 0 Å². The van der Waals surface area contributed by atoms with Crippen LogP contribution in [0.4, 0.5) is 32.4 Å². The second-order valence-corrected chi connectivity index (χ2v) is 6.85. The number of rotatable bonds is 2. The van der Waals surface area contributed by atoms with Gasteiger partial charge in [-0.3, -0.25) is 0 Å². The molecule has 9 heteroatoms. The van der Waals surface area contributed by atoms with Crippen LogP contribution in [0.5, 0.6) is 0 Å². The summed E-state index contributed by atoms with van der Waals surface area (Å²) >= 11 is 0. The normalized spacial score (nSPS) is 18.2. The summed E-state index contributed by atoms with van der Waals surface area (Å²) in [7, 11) is 0. The van der Waals surface area contributed by atoms with Gasteiger partial charge in [0.2, 0.25) is 5.82 Å². The number of anilines is 1. The van der Waals surface area contributed by atoms with E-state index in [-0.39, 0.29) is 13.1 Å². The highest BCUT2D eigenvalue weighted by atomic mass is 19.2. The topological polar surface area (TPSA) is 41.6 Å². The number of nitrogens with zero attached hydrogens (tertiary/aromatic N) is 1. The second-order valence-electron chi connectivity index (χ2n) is 6.85. The van der Waals surface area contributed by atoms with Crippen LogP contribution in [0, 0.1) is 29.1 Å². The van der Waals surface area contributed by atoms with E-state index >= 15 is 0 Å². The average Bonchev–Trinajstić information content (AvgIpc) is 2.50. The number of ether oxygens (including phenoxy) is 1. The van der Waals surface area contributed by atoms with Crippen LogP contribution in [0.15, 0.2) is 0 Å². The number of carbonyl (C=O) groups is 1. The van der Waals surface area contributed by atoms with Crippen LogP contribution >= 0.6 is 0 Å². The number of nitrogens with one attached hydrogen (secondary N) is 1. The van der Waals surface area contributed by atoms with Crippen LogP contribution in [0.25, 0.3) is 0 Å². The van der Waals surface area contributed by atoms with E-state index in [9.17, 15) is 26.7 Å². The number of benzene rings is 1. The molecule has 1 atom stereocenters. The number of alkyl carbamates (subject to hydrolysis) is 1. The van der Waals surface area contributed by atoms with Gasteiger partial charge < -0.3 is 15.0 Å². The minimum atomic E-state index is -2.20. The number of hydrogen-bond donors (Lipinski definition) is 1. The quantitative estimate of drug-likeness (QED) is 0.491. The van der Waals surface area contributed by atoms with Gasteiger partial charge in [0.1, 0.15) is 11.3 Å². The van der Waals surface area contributed by atoms with Gasteiger partial charge >= 0.3 is 6.09 Å². The zero-order valence-electron chi connectivity index (χ0n) is 14.1. The first-order valence-electron chi connectivity index (χ1n) is 7.77. The third-order valence-corrected chi connectivity index (χ3v) is 3.65. The number of piperidine rings is 1. The van der Waals surface area contributed by atoms with Crippen LogP contribution < -0.4 is 10.2 Å². The Balaban J connectivity index is 2.18. The molecule has 1 aromatic rings. The lowest BCUT2D eigenvalue weighted by molar-refractivity contribution is 0.0500. The first-order valence-corrected chi connectivity index (χ1v) is 7.77. The van der Waals surface area contributed by atoms with E-state index < -0.39 is 52.5 Å². The zero-order chi connectivity index (χ0) is 18.9. The Bertz CT molecular complexity index is 646. The molecule has 1 N–H and O–H groups in total. The van der Waals surface area contributed by atoms with Crippen molar-refractivity contribution in [2.24, 2.45) is 0 Å². The summed E-state index contributed by atoms with van der Waals surface area (Å²) in [6.45, 7) is 5.03. The van der Waals surface area contributed by atoms with Gasteiger partial charge in [0, 0.05) is 19.1 Å². The predicted octanol–water partition coefficient (Wildman–Crippen LogP) is 3.88. The molecule has 0 radical (unpaired) electrons. The Morgan fingerprint density at radius 3 is 2.08 bits per heavy atom. The van der Waals surface area contributed by atoms with Crippen molar-refractivity contribution in [3.05, 3.63) is 29.1 Å². The minimum Gasteiger partial charge on any atom is -0.444 e. The van der Waals surface area contributed by atoms with Crippen molar-refractivity contribution in [2.75, 3.05) is 18.0 Å². The first-order chi connectivity index (χ1) is 11.5. The van der Waals surface area contributed by atoms with Crippen LogP contribution in [-0.4, -0.2) is 30.8 Å². The highest BCUT2D eigenvalue weighted by Gasteiger charge is 2.32. The number of halogens is 5. The molecule has 0 spiro atoms. The molecular formula is C16H19F5N2O2. The average molecular weight is 366 g/mol. The molecule has 0 aromatic heterocycles. The van der Waals surface area contributed by atoms with Gasteiger partial charge in [-0.2, -0.15) is 0 Å².